The quantitative estimate of drug-likeness (QED) is 0.396. The van der Waals surface area contributed by atoms with Crippen molar-refractivity contribution in [3.05, 3.63) is 76.7 Å². The minimum atomic E-state index is 1.25. The van der Waals surface area contributed by atoms with E-state index in [1.165, 1.54) is 26.4 Å². The summed E-state index contributed by atoms with van der Waals surface area (Å²) in [6.07, 6.45) is 4.37. The molecule has 3 aromatic rings. The highest BCUT2D eigenvalue weighted by atomic mass is 32.9. The monoisotopic (exact) mass is 295 g/mol. The molecule has 2 aromatic carbocycles. The molecule has 2 heteroatoms. The lowest BCUT2D eigenvalue weighted by Crippen LogP contribution is -1.73. The molecule has 0 aliphatic heterocycles. The van der Waals surface area contributed by atoms with Gasteiger partial charge in [0, 0.05) is 11.6 Å². The number of aryl methyl sites for hydroxylation is 1. The Kier molecular flexibility index (Phi) is 4.05. The molecule has 1 heterocycles. The second-order valence-corrected chi connectivity index (χ2v) is 6.93. The van der Waals surface area contributed by atoms with Crippen molar-refractivity contribution in [3.8, 4) is 10.4 Å². The number of benzene rings is 2. The second kappa shape index (κ2) is 6.12. The Labute approximate surface area is 127 Å². The summed E-state index contributed by atoms with van der Waals surface area (Å²) in [4.78, 5) is 2.63. The lowest BCUT2D eigenvalue weighted by Gasteiger charge is -1.93. The molecule has 0 radical (unpaired) electrons. The fourth-order valence-corrected chi connectivity index (χ4v) is 4.20. The van der Waals surface area contributed by atoms with Gasteiger partial charge in [-0.2, -0.15) is 0 Å². The average molecular weight is 295 g/mol. The van der Waals surface area contributed by atoms with Crippen LogP contribution < -0.4 is 0 Å². The lowest BCUT2D eigenvalue weighted by atomic mass is 10.1. The van der Waals surface area contributed by atoms with Crippen molar-refractivity contribution in [2.24, 2.45) is 0 Å². The highest BCUT2D eigenvalue weighted by molar-refractivity contribution is 7.71. The van der Waals surface area contributed by atoms with E-state index in [1.807, 2.05) is 20.7 Å². The molecule has 0 fully saturated rings. The molecule has 1 aromatic heterocycles. The van der Waals surface area contributed by atoms with Crippen LogP contribution in [0.2, 0.25) is 0 Å². The molecule has 0 nitrogen and oxygen atoms in total. The van der Waals surface area contributed by atoms with Crippen LogP contribution in [0.3, 0.4) is 0 Å². The molecule has 0 aliphatic carbocycles. The SMILES string of the molecule is Cc1ccc(/C=C/c2cc(-c3ccccc3)[s+]s2)cc1. The molecular weight excluding hydrogens is 280 g/mol. The van der Waals surface area contributed by atoms with E-state index >= 15 is 0 Å². The maximum Gasteiger partial charge on any atom is 0.301 e. The minimum absolute atomic E-state index is 1.25. The number of rotatable bonds is 3. The largest absolute Gasteiger partial charge is 0.301 e. The predicted octanol–water partition coefficient (Wildman–Crippen LogP) is 6.24. The lowest BCUT2D eigenvalue weighted by molar-refractivity contribution is 1.46. The number of hydrogen-bond donors (Lipinski definition) is 0. The van der Waals surface area contributed by atoms with E-state index in [9.17, 15) is 0 Å². The van der Waals surface area contributed by atoms with Crippen molar-refractivity contribution in [3.63, 3.8) is 0 Å². The van der Waals surface area contributed by atoms with Crippen molar-refractivity contribution >= 4 is 32.8 Å². The summed E-state index contributed by atoms with van der Waals surface area (Å²) in [5.41, 5.74) is 3.84. The van der Waals surface area contributed by atoms with Gasteiger partial charge in [0.05, 0.1) is 4.88 Å². The Morgan fingerprint density at radius 2 is 1.65 bits per heavy atom. The smallest absolute Gasteiger partial charge is 0.0622 e. The first kappa shape index (κ1) is 13.2. The molecule has 0 atom stereocenters. The predicted molar refractivity (Wildman–Crippen MR) is 92.1 cm³/mol. The van der Waals surface area contributed by atoms with Crippen LogP contribution in [0.4, 0.5) is 0 Å². The minimum Gasteiger partial charge on any atom is -0.0622 e. The van der Waals surface area contributed by atoms with Crippen molar-refractivity contribution in [1.82, 2.24) is 0 Å². The van der Waals surface area contributed by atoms with Crippen molar-refractivity contribution < 1.29 is 0 Å². The van der Waals surface area contributed by atoms with Crippen LogP contribution in [0.5, 0.6) is 0 Å². The molecule has 20 heavy (non-hydrogen) atoms. The van der Waals surface area contributed by atoms with Gasteiger partial charge in [-0.3, -0.25) is 0 Å². The van der Waals surface area contributed by atoms with E-state index in [1.54, 1.807) is 0 Å². The zero-order valence-electron chi connectivity index (χ0n) is 11.2. The first-order valence-electron chi connectivity index (χ1n) is 6.54. The third-order valence-corrected chi connectivity index (χ3v) is 5.51. The third-order valence-electron chi connectivity index (χ3n) is 3.08. The van der Waals surface area contributed by atoms with E-state index in [0.29, 0.717) is 0 Å². The molecule has 98 valence electrons. The van der Waals surface area contributed by atoms with Gasteiger partial charge in [0.1, 0.15) is 0 Å². The molecule has 3 rings (SSSR count). The van der Waals surface area contributed by atoms with Crippen molar-refractivity contribution in [2.45, 2.75) is 6.92 Å². The van der Waals surface area contributed by atoms with Gasteiger partial charge < -0.3 is 0 Å². The van der Waals surface area contributed by atoms with E-state index in [2.05, 4.69) is 79.7 Å². The summed E-state index contributed by atoms with van der Waals surface area (Å²) >= 11 is 0. The van der Waals surface area contributed by atoms with E-state index < -0.39 is 0 Å². The van der Waals surface area contributed by atoms with E-state index in [4.69, 9.17) is 0 Å². The van der Waals surface area contributed by atoms with Crippen LogP contribution in [0.25, 0.3) is 22.6 Å². The zero-order valence-corrected chi connectivity index (χ0v) is 12.9. The van der Waals surface area contributed by atoms with Crippen LogP contribution in [-0.2, 0) is 0 Å². The second-order valence-electron chi connectivity index (χ2n) is 4.69. The summed E-state index contributed by atoms with van der Waals surface area (Å²) in [6.45, 7) is 2.11. The van der Waals surface area contributed by atoms with E-state index in [0.717, 1.165) is 0 Å². The maximum atomic E-state index is 2.26. The van der Waals surface area contributed by atoms with Gasteiger partial charge in [-0.15, -0.1) is 0 Å². The Bertz CT molecular complexity index is 707. The van der Waals surface area contributed by atoms with Crippen LogP contribution in [0, 0.1) is 6.92 Å². The molecule has 0 aliphatic rings. The molecule has 0 saturated carbocycles. The molecule has 0 bridgehead atoms. The summed E-state index contributed by atoms with van der Waals surface area (Å²) in [6, 6.07) is 21.4. The summed E-state index contributed by atoms with van der Waals surface area (Å²) in [5.74, 6) is 0. The molecule has 0 spiro atoms. The standard InChI is InChI=1S/C18H15S2/c1-14-7-9-15(10-8-14)11-12-17-13-18(20-19-17)16-5-3-2-4-6-16/h2-13H,1H3/q+1/b12-11+. The van der Waals surface area contributed by atoms with Gasteiger partial charge in [-0.1, -0.05) is 54.1 Å². The molecular formula is C18H15S2+. The van der Waals surface area contributed by atoms with Crippen molar-refractivity contribution in [1.29, 1.82) is 0 Å². The van der Waals surface area contributed by atoms with E-state index in [-0.39, 0.29) is 0 Å². The highest BCUT2D eigenvalue weighted by Crippen LogP contribution is 2.32. The normalized spacial score (nSPS) is 11.1. The first-order valence-corrected chi connectivity index (χ1v) is 8.69. The van der Waals surface area contributed by atoms with Gasteiger partial charge in [0.15, 0.2) is 10.3 Å². The average Bonchev–Trinajstić information content (AvgIpc) is 2.97. The topological polar surface area (TPSA) is 0 Å². The van der Waals surface area contributed by atoms with Gasteiger partial charge in [-0.05, 0) is 30.7 Å². The Morgan fingerprint density at radius 1 is 0.900 bits per heavy atom. The molecule has 0 N–H and O–H groups in total. The van der Waals surface area contributed by atoms with Gasteiger partial charge >= 0.3 is 10.3 Å². The number of hydrogen-bond acceptors (Lipinski definition) is 1. The fraction of sp³-hybridized carbons (Fsp3) is 0.0556. The summed E-state index contributed by atoms with van der Waals surface area (Å²) in [7, 11) is 3.65. The van der Waals surface area contributed by atoms with Crippen molar-refractivity contribution in [2.75, 3.05) is 0 Å². The molecule has 0 amide bonds. The van der Waals surface area contributed by atoms with Crippen LogP contribution in [-0.4, -0.2) is 0 Å². The molecule has 0 unspecified atom stereocenters. The fourth-order valence-electron chi connectivity index (χ4n) is 1.94. The van der Waals surface area contributed by atoms with Gasteiger partial charge in [0.2, 0.25) is 0 Å². The third kappa shape index (κ3) is 3.21. The van der Waals surface area contributed by atoms with Crippen LogP contribution in [0.15, 0.2) is 60.7 Å². The maximum absolute atomic E-state index is 2.26. The highest BCUT2D eigenvalue weighted by Gasteiger charge is 2.13. The van der Waals surface area contributed by atoms with Gasteiger partial charge in [-0.25, -0.2) is 0 Å². The van der Waals surface area contributed by atoms with Crippen LogP contribution >= 0.6 is 20.7 Å². The summed E-state index contributed by atoms with van der Waals surface area (Å²) < 4.78 is 0. The molecule has 0 saturated heterocycles. The Hall–Kier alpha value is -1.77. The Balaban J connectivity index is 1.79. The van der Waals surface area contributed by atoms with Crippen LogP contribution in [0.1, 0.15) is 16.0 Å². The summed E-state index contributed by atoms with van der Waals surface area (Å²) in [5, 5.41) is 0. The zero-order chi connectivity index (χ0) is 13.8. The first-order chi connectivity index (χ1) is 9.81. The van der Waals surface area contributed by atoms with Gasteiger partial charge in [0.25, 0.3) is 4.88 Å². The Morgan fingerprint density at radius 3 is 2.40 bits per heavy atom.